The molecule has 35 heavy (non-hydrogen) atoms. The van der Waals surface area contributed by atoms with Gasteiger partial charge in [-0.1, -0.05) is 23.7 Å². The number of methoxy groups -OCH3 is 2. The van der Waals surface area contributed by atoms with Crippen LogP contribution < -0.4 is 14.8 Å². The van der Waals surface area contributed by atoms with Crippen LogP contribution in [0.1, 0.15) is 44.2 Å². The topological polar surface area (TPSA) is 83.9 Å². The molecule has 0 unspecified atom stereocenters. The van der Waals surface area contributed by atoms with Crippen LogP contribution in [-0.4, -0.2) is 48.2 Å². The molecule has 7 nitrogen and oxygen atoms in total. The van der Waals surface area contributed by atoms with Crippen molar-refractivity contribution in [2.45, 2.75) is 38.5 Å². The summed E-state index contributed by atoms with van der Waals surface area (Å²) in [5, 5.41) is 15.5. The summed E-state index contributed by atoms with van der Waals surface area (Å²) in [4.78, 5) is 20.3. The molecule has 0 radical (unpaired) electrons. The lowest BCUT2D eigenvalue weighted by molar-refractivity contribution is -0.0278. The Kier molecular flexibility index (Phi) is 7.96. The zero-order chi connectivity index (χ0) is 25.0. The normalized spacial score (nSPS) is 15.6. The molecule has 1 aliphatic rings. The van der Waals surface area contributed by atoms with Crippen LogP contribution in [0.25, 0.3) is 0 Å². The first-order valence-corrected chi connectivity index (χ1v) is 12.7. The predicted molar refractivity (Wildman–Crippen MR) is 137 cm³/mol. The number of carbonyl (C=O) groups is 1. The van der Waals surface area contributed by atoms with Gasteiger partial charge in [0.25, 0.3) is 5.91 Å². The van der Waals surface area contributed by atoms with Crippen molar-refractivity contribution in [3.8, 4) is 11.5 Å². The number of thiazole rings is 1. The molecule has 3 aromatic rings. The number of hydrogen-bond donors (Lipinski definition) is 2. The van der Waals surface area contributed by atoms with Crippen molar-refractivity contribution in [2.24, 2.45) is 0 Å². The Morgan fingerprint density at radius 3 is 2.66 bits per heavy atom. The fourth-order valence-corrected chi connectivity index (χ4v) is 5.42. The molecule has 2 N–H and O–H groups in total. The molecule has 0 bridgehead atoms. The average Bonchev–Trinajstić information content (AvgIpc) is 3.36. The Morgan fingerprint density at radius 1 is 1.20 bits per heavy atom. The highest BCUT2D eigenvalue weighted by atomic mass is 35.5. The van der Waals surface area contributed by atoms with E-state index in [4.69, 9.17) is 21.1 Å². The van der Waals surface area contributed by atoms with Crippen molar-refractivity contribution in [3.63, 3.8) is 0 Å². The molecule has 9 heteroatoms. The summed E-state index contributed by atoms with van der Waals surface area (Å²) in [6.45, 7) is 4.46. The first kappa shape index (κ1) is 25.4. The smallest absolute Gasteiger partial charge is 0.251 e. The first-order valence-electron chi connectivity index (χ1n) is 11.5. The zero-order valence-electron chi connectivity index (χ0n) is 20.1. The number of aromatic nitrogens is 1. The van der Waals surface area contributed by atoms with Gasteiger partial charge >= 0.3 is 0 Å². The highest BCUT2D eigenvalue weighted by Crippen LogP contribution is 2.36. The minimum atomic E-state index is -0.954. The van der Waals surface area contributed by atoms with Crippen molar-refractivity contribution < 1.29 is 19.4 Å². The highest BCUT2D eigenvalue weighted by molar-refractivity contribution is 7.11. The lowest BCUT2D eigenvalue weighted by atomic mass is 9.92. The predicted octanol–water partition coefficient (Wildman–Crippen LogP) is 4.54. The fraction of sp³-hybridized carbons (Fsp3) is 0.385. The second kappa shape index (κ2) is 11.0. The zero-order valence-corrected chi connectivity index (χ0v) is 21.7. The number of nitrogens with zero attached hydrogens (tertiary/aromatic N) is 2. The SMILES string of the molecule is COc1ccc(CN2CCC(O)(c3ncc(CNC(=O)c4cccc(Cl)c4C)s3)CC2)cc1OC. The molecule has 0 saturated carbocycles. The number of aliphatic hydroxyl groups is 1. The Morgan fingerprint density at radius 2 is 1.94 bits per heavy atom. The van der Waals surface area contributed by atoms with E-state index in [0.717, 1.165) is 35.6 Å². The lowest BCUT2D eigenvalue weighted by Gasteiger charge is -2.37. The fourth-order valence-electron chi connectivity index (χ4n) is 4.25. The van der Waals surface area contributed by atoms with E-state index in [1.807, 2.05) is 25.1 Å². The number of likely N-dealkylation sites (tertiary alicyclic amines) is 1. The van der Waals surface area contributed by atoms with Crippen LogP contribution in [0.3, 0.4) is 0 Å². The van der Waals surface area contributed by atoms with Crippen LogP contribution >= 0.6 is 22.9 Å². The third-order valence-electron chi connectivity index (χ3n) is 6.42. The summed E-state index contributed by atoms with van der Waals surface area (Å²) in [6.07, 6.45) is 2.93. The molecule has 0 atom stereocenters. The standard InChI is InChI=1S/C26H30ClN3O4S/c1-17-20(5-4-6-21(17)27)24(31)28-14-19-15-29-25(35-19)26(32)9-11-30(12-10-26)16-18-7-8-22(33-2)23(13-18)34-3/h4-8,13,15,32H,9-12,14,16H2,1-3H3,(H,28,31). The van der Waals surface area contributed by atoms with Crippen molar-refractivity contribution in [2.75, 3.05) is 27.3 Å². The third-order valence-corrected chi connectivity index (χ3v) is 8.02. The maximum Gasteiger partial charge on any atom is 0.251 e. The highest BCUT2D eigenvalue weighted by Gasteiger charge is 2.36. The van der Waals surface area contributed by atoms with Gasteiger partial charge in [0.05, 0.1) is 20.8 Å². The quantitative estimate of drug-likeness (QED) is 0.458. The minimum absolute atomic E-state index is 0.179. The van der Waals surface area contributed by atoms with Gasteiger partial charge in [0.15, 0.2) is 11.5 Å². The third kappa shape index (κ3) is 5.78. The van der Waals surface area contributed by atoms with Gasteiger partial charge in [-0.05, 0) is 55.2 Å². The molecule has 1 fully saturated rings. The largest absolute Gasteiger partial charge is 0.493 e. The summed E-state index contributed by atoms with van der Waals surface area (Å²) in [7, 11) is 3.26. The number of ether oxygens (including phenoxy) is 2. The van der Waals surface area contributed by atoms with E-state index in [-0.39, 0.29) is 5.91 Å². The van der Waals surface area contributed by atoms with E-state index in [0.29, 0.717) is 46.5 Å². The monoisotopic (exact) mass is 515 g/mol. The Balaban J connectivity index is 1.33. The Bertz CT molecular complexity index is 1190. The average molecular weight is 516 g/mol. The van der Waals surface area contributed by atoms with E-state index >= 15 is 0 Å². The van der Waals surface area contributed by atoms with Crippen molar-refractivity contribution in [1.82, 2.24) is 15.2 Å². The molecular weight excluding hydrogens is 486 g/mol. The molecule has 1 aromatic heterocycles. The number of nitrogens with one attached hydrogen (secondary N) is 1. The molecule has 0 spiro atoms. The molecule has 4 rings (SSSR count). The second-order valence-electron chi connectivity index (χ2n) is 8.72. The van der Waals surface area contributed by atoms with Crippen LogP contribution in [0.2, 0.25) is 5.02 Å². The van der Waals surface area contributed by atoms with Gasteiger partial charge in [-0.25, -0.2) is 4.98 Å². The number of carbonyl (C=O) groups excluding carboxylic acids is 1. The van der Waals surface area contributed by atoms with Gasteiger partial charge in [0, 0.05) is 41.3 Å². The Labute approximate surface area is 214 Å². The van der Waals surface area contributed by atoms with Crippen molar-refractivity contribution in [1.29, 1.82) is 0 Å². The van der Waals surface area contributed by atoms with Crippen molar-refractivity contribution in [3.05, 3.63) is 74.2 Å². The molecule has 186 valence electrons. The van der Waals surface area contributed by atoms with Crippen LogP contribution in [0.15, 0.2) is 42.6 Å². The number of piperidine rings is 1. The van der Waals surface area contributed by atoms with E-state index in [9.17, 15) is 9.90 Å². The molecule has 1 saturated heterocycles. The van der Waals surface area contributed by atoms with E-state index in [1.165, 1.54) is 11.3 Å². The maximum atomic E-state index is 12.6. The summed E-state index contributed by atoms with van der Waals surface area (Å²) >= 11 is 7.58. The van der Waals surface area contributed by atoms with Gasteiger partial charge < -0.3 is 19.9 Å². The molecule has 1 amide bonds. The molecule has 2 heterocycles. The molecule has 1 aliphatic heterocycles. The maximum absolute atomic E-state index is 12.6. The number of halogens is 1. The number of hydrogen-bond acceptors (Lipinski definition) is 7. The van der Waals surface area contributed by atoms with E-state index in [2.05, 4.69) is 15.2 Å². The summed E-state index contributed by atoms with van der Waals surface area (Å²) in [5.74, 6) is 1.25. The number of benzene rings is 2. The number of amides is 1. The van der Waals surface area contributed by atoms with Gasteiger partial charge in [-0.3, -0.25) is 9.69 Å². The Hall–Kier alpha value is -2.65. The molecular formula is C26H30ClN3O4S. The minimum Gasteiger partial charge on any atom is -0.493 e. The van der Waals surface area contributed by atoms with Crippen LogP contribution in [0, 0.1) is 6.92 Å². The van der Waals surface area contributed by atoms with Gasteiger partial charge in [0.2, 0.25) is 0 Å². The van der Waals surface area contributed by atoms with Gasteiger partial charge in [-0.2, -0.15) is 0 Å². The molecule has 0 aliphatic carbocycles. The molecule has 2 aromatic carbocycles. The number of rotatable bonds is 8. The second-order valence-corrected chi connectivity index (χ2v) is 10.2. The van der Waals surface area contributed by atoms with Crippen LogP contribution in [0.4, 0.5) is 0 Å². The van der Waals surface area contributed by atoms with Gasteiger partial charge in [0.1, 0.15) is 10.6 Å². The van der Waals surface area contributed by atoms with Gasteiger partial charge in [-0.15, -0.1) is 11.3 Å². The lowest BCUT2D eigenvalue weighted by Crippen LogP contribution is -2.42. The van der Waals surface area contributed by atoms with Crippen molar-refractivity contribution >= 4 is 28.8 Å². The van der Waals surface area contributed by atoms with E-state index in [1.54, 1.807) is 38.6 Å². The first-order chi connectivity index (χ1) is 16.8. The summed E-state index contributed by atoms with van der Waals surface area (Å²) < 4.78 is 10.7. The van der Waals surface area contributed by atoms with E-state index < -0.39 is 5.60 Å². The summed E-state index contributed by atoms with van der Waals surface area (Å²) in [6, 6.07) is 11.2. The van der Waals surface area contributed by atoms with Crippen LogP contribution in [0.5, 0.6) is 11.5 Å². The summed E-state index contributed by atoms with van der Waals surface area (Å²) in [5.41, 5.74) is 1.49. The van der Waals surface area contributed by atoms with Crippen LogP contribution in [-0.2, 0) is 18.7 Å².